The first kappa shape index (κ1) is 16.9. The molecule has 0 atom stereocenters. The molecule has 1 rings (SSSR count). The van der Waals surface area contributed by atoms with Gasteiger partial charge in [0.2, 0.25) is 5.88 Å². The van der Waals surface area contributed by atoms with Gasteiger partial charge in [-0.1, -0.05) is 13.0 Å². The Bertz CT molecular complexity index is 348. The average molecular weight is 282 g/mol. The summed E-state index contributed by atoms with van der Waals surface area (Å²) in [5.41, 5.74) is 0.997. The van der Waals surface area contributed by atoms with Crippen LogP contribution < -0.4 is 10.1 Å². The highest BCUT2D eigenvalue weighted by Gasteiger charge is 1.99. The Kier molecular flexibility index (Phi) is 9.83. The van der Waals surface area contributed by atoms with Crippen molar-refractivity contribution in [3.8, 4) is 5.88 Å². The second-order valence-electron chi connectivity index (χ2n) is 4.45. The first-order valence-corrected chi connectivity index (χ1v) is 7.23. The molecule has 5 heteroatoms. The zero-order valence-corrected chi connectivity index (χ0v) is 12.6. The van der Waals surface area contributed by atoms with Gasteiger partial charge in [0.1, 0.15) is 6.61 Å². The van der Waals surface area contributed by atoms with Gasteiger partial charge in [0.25, 0.3) is 0 Å². The molecule has 20 heavy (non-hydrogen) atoms. The number of nitrogens with one attached hydrogen (secondary N) is 1. The van der Waals surface area contributed by atoms with Gasteiger partial charge < -0.3 is 19.5 Å². The van der Waals surface area contributed by atoms with E-state index in [0.29, 0.717) is 25.7 Å². The lowest BCUT2D eigenvalue weighted by atomic mass is 10.3. The summed E-state index contributed by atoms with van der Waals surface area (Å²) in [5.74, 6) is 0.654. The Morgan fingerprint density at radius 2 is 2.05 bits per heavy atom. The maximum atomic E-state index is 5.56. The molecule has 0 radical (unpaired) electrons. The zero-order valence-electron chi connectivity index (χ0n) is 12.6. The Morgan fingerprint density at radius 1 is 1.15 bits per heavy atom. The molecule has 0 aliphatic carbocycles. The van der Waals surface area contributed by atoms with Crippen LogP contribution in [0.15, 0.2) is 18.2 Å². The molecule has 0 unspecified atom stereocenters. The number of methoxy groups -OCH3 is 1. The molecule has 0 spiro atoms. The number of ether oxygens (including phenoxy) is 3. The summed E-state index contributed by atoms with van der Waals surface area (Å²) in [6, 6.07) is 5.83. The molecule has 0 aliphatic rings. The van der Waals surface area contributed by atoms with Crippen LogP contribution in [-0.4, -0.2) is 45.1 Å². The van der Waals surface area contributed by atoms with Crippen LogP contribution in [0.2, 0.25) is 0 Å². The molecule has 1 heterocycles. The standard InChI is InChI=1S/C15H26N2O3/c1-3-8-16-13-14-6-4-7-15(17-14)20-12-11-19-10-5-9-18-2/h4,6-7,16H,3,5,8-13H2,1-2H3. The lowest BCUT2D eigenvalue weighted by Crippen LogP contribution is -2.15. The van der Waals surface area contributed by atoms with Gasteiger partial charge in [0.05, 0.1) is 12.3 Å². The Morgan fingerprint density at radius 3 is 2.85 bits per heavy atom. The van der Waals surface area contributed by atoms with Gasteiger partial charge in [-0.25, -0.2) is 4.98 Å². The van der Waals surface area contributed by atoms with Crippen molar-refractivity contribution < 1.29 is 14.2 Å². The van der Waals surface area contributed by atoms with E-state index >= 15 is 0 Å². The maximum Gasteiger partial charge on any atom is 0.213 e. The summed E-state index contributed by atoms with van der Waals surface area (Å²) >= 11 is 0. The molecule has 0 bridgehead atoms. The fraction of sp³-hybridized carbons (Fsp3) is 0.667. The lowest BCUT2D eigenvalue weighted by molar-refractivity contribution is 0.0795. The van der Waals surface area contributed by atoms with Crippen molar-refractivity contribution in [1.29, 1.82) is 0 Å². The number of hydrogen-bond donors (Lipinski definition) is 1. The number of aromatic nitrogens is 1. The first-order valence-electron chi connectivity index (χ1n) is 7.23. The fourth-order valence-electron chi connectivity index (χ4n) is 1.64. The predicted octanol–water partition coefficient (Wildman–Crippen LogP) is 2.01. The van der Waals surface area contributed by atoms with Crippen molar-refractivity contribution in [3.05, 3.63) is 23.9 Å². The Hall–Kier alpha value is -1.17. The maximum absolute atomic E-state index is 5.56. The van der Waals surface area contributed by atoms with Crippen LogP contribution in [0.5, 0.6) is 5.88 Å². The minimum absolute atomic E-state index is 0.520. The van der Waals surface area contributed by atoms with Gasteiger partial charge in [-0.3, -0.25) is 0 Å². The van der Waals surface area contributed by atoms with Crippen LogP contribution in [0.25, 0.3) is 0 Å². The number of hydrogen-bond acceptors (Lipinski definition) is 5. The summed E-state index contributed by atoms with van der Waals surface area (Å²) in [6.45, 7) is 6.45. The van der Waals surface area contributed by atoms with Crippen molar-refractivity contribution in [1.82, 2.24) is 10.3 Å². The van der Waals surface area contributed by atoms with Crippen molar-refractivity contribution in [3.63, 3.8) is 0 Å². The van der Waals surface area contributed by atoms with Gasteiger partial charge in [0, 0.05) is 32.9 Å². The van der Waals surface area contributed by atoms with Crippen molar-refractivity contribution in [2.45, 2.75) is 26.3 Å². The second kappa shape index (κ2) is 11.6. The molecular weight excluding hydrogens is 256 g/mol. The third-order valence-corrected chi connectivity index (χ3v) is 2.63. The van der Waals surface area contributed by atoms with E-state index in [1.807, 2.05) is 18.2 Å². The zero-order chi connectivity index (χ0) is 14.5. The molecule has 1 aromatic heterocycles. The predicted molar refractivity (Wildman–Crippen MR) is 79.0 cm³/mol. The Labute approximate surface area is 121 Å². The van der Waals surface area contributed by atoms with E-state index in [1.165, 1.54) is 0 Å². The molecule has 114 valence electrons. The topological polar surface area (TPSA) is 52.6 Å². The summed E-state index contributed by atoms with van der Waals surface area (Å²) in [4.78, 5) is 4.43. The fourth-order valence-corrected chi connectivity index (χ4v) is 1.64. The molecule has 0 aromatic carbocycles. The van der Waals surface area contributed by atoms with E-state index in [0.717, 1.165) is 38.2 Å². The SMILES string of the molecule is CCCNCc1cccc(OCCOCCCOC)n1. The van der Waals surface area contributed by atoms with Gasteiger partial charge in [0.15, 0.2) is 0 Å². The molecule has 0 saturated heterocycles. The minimum Gasteiger partial charge on any atom is -0.475 e. The van der Waals surface area contributed by atoms with Crippen LogP contribution in [-0.2, 0) is 16.0 Å². The third kappa shape index (κ3) is 8.09. The molecule has 0 aliphatic heterocycles. The monoisotopic (exact) mass is 282 g/mol. The summed E-state index contributed by atoms with van der Waals surface area (Å²) in [6.07, 6.45) is 2.03. The van der Waals surface area contributed by atoms with Crippen molar-refractivity contribution in [2.75, 3.05) is 40.1 Å². The van der Waals surface area contributed by atoms with Crippen LogP contribution in [0.1, 0.15) is 25.5 Å². The quantitative estimate of drug-likeness (QED) is 0.594. The molecule has 0 amide bonds. The molecule has 5 nitrogen and oxygen atoms in total. The van der Waals surface area contributed by atoms with Gasteiger partial charge in [-0.05, 0) is 25.5 Å². The molecule has 1 aromatic rings. The van der Waals surface area contributed by atoms with Gasteiger partial charge in [-0.2, -0.15) is 0 Å². The number of nitrogens with zero attached hydrogens (tertiary/aromatic N) is 1. The molecule has 1 N–H and O–H groups in total. The van der Waals surface area contributed by atoms with E-state index in [1.54, 1.807) is 7.11 Å². The van der Waals surface area contributed by atoms with E-state index < -0.39 is 0 Å². The van der Waals surface area contributed by atoms with Crippen molar-refractivity contribution in [2.24, 2.45) is 0 Å². The smallest absolute Gasteiger partial charge is 0.213 e. The minimum atomic E-state index is 0.520. The van der Waals surface area contributed by atoms with Crippen molar-refractivity contribution >= 4 is 0 Å². The first-order chi connectivity index (χ1) is 9.86. The van der Waals surface area contributed by atoms with E-state index in [-0.39, 0.29) is 0 Å². The van der Waals surface area contributed by atoms with Gasteiger partial charge >= 0.3 is 0 Å². The van der Waals surface area contributed by atoms with Gasteiger partial charge in [-0.15, -0.1) is 0 Å². The Balaban J connectivity index is 2.14. The second-order valence-corrected chi connectivity index (χ2v) is 4.45. The van der Waals surface area contributed by atoms with Crippen LogP contribution >= 0.6 is 0 Å². The van der Waals surface area contributed by atoms with E-state index in [4.69, 9.17) is 14.2 Å². The summed E-state index contributed by atoms with van der Waals surface area (Å²) in [7, 11) is 1.69. The van der Waals surface area contributed by atoms with Crippen LogP contribution in [0, 0.1) is 0 Å². The average Bonchev–Trinajstić information content (AvgIpc) is 2.47. The van der Waals surface area contributed by atoms with Crippen LogP contribution in [0.4, 0.5) is 0 Å². The molecule has 0 fully saturated rings. The summed E-state index contributed by atoms with van der Waals surface area (Å²) < 4.78 is 15.9. The molecule has 0 saturated carbocycles. The normalized spacial score (nSPS) is 10.7. The molecular formula is C15H26N2O3. The number of pyridine rings is 1. The number of rotatable bonds is 12. The lowest BCUT2D eigenvalue weighted by Gasteiger charge is -2.08. The third-order valence-electron chi connectivity index (χ3n) is 2.63. The van der Waals surface area contributed by atoms with E-state index in [2.05, 4.69) is 17.2 Å². The summed E-state index contributed by atoms with van der Waals surface area (Å²) in [5, 5.41) is 3.32. The van der Waals surface area contributed by atoms with Crippen LogP contribution in [0.3, 0.4) is 0 Å². The highest BCUT2D eigenvalue weighted by atomic mass is 16.5. The highest BCUT2D eigenvalue weighted by molar-refractivity contribution is 5.15. The largest absolute Gasteiger partial charge is 0.475 e. The highest BCUT2D eigenvalue weighted by Crippen LogP contribution is 2.07. The van der Waals surface area contributed by atoms with E-state index in [9.17, 15) is 0 Å².